The number of rotatable bonds is 6. The number of thiophene rings is 2. The molecule has 0 saturated heterocycles. The first-order valence-electron chi connectivity index (χ1n) is 12.0. The van der Waals surface area contributed by atoms with Crippen LogP contribution in [-0.4, -0.2) is 28.0 Å². The van der Waals surface area contributed by atoms with Gasteiger partial charge in [0.15, 0.2) is 5.58 Å². The van der Waals surface area contributed by atoms with E-state index in [9.17, 15) is 14.7 Å². The lowest BCUT2D eigenvalue weighted by molar-refractivity contribution is -0.123. The number of carboxylic acid groups (broad SMARTS) is 1. The molecule has 6 nitrogen and oxygen atoms in total. The van der Waals surface area contributed by atoms with Gasteiger partial charge in [-0.25, -0.2) is 4.79 Å². The number of hydrogen-bond donors (Lipinski definition) is 1. The molecule has 0 unspecified atom stereocenters. The molecule has 1 fully saturated rings. The lowest BCUT2D eigenvalue weighted by atomic mass is 9.82. The van der Waals surface area contributed by atoms with Crippen LogP contribution >= 0.6 is 22.7 Å². The van der Waals surface area contributed by atoms with Gasteiger partial charge in [-0.1, -0.05) is 6.92 Å². The number of aromatic nitrogens is 1. The van der Waals surface area contributed by atoms with Crippen molar-refractivity contribution < 1.29 is 19.1 Å². The van der Waals surface area contributed by atoms with Crippen molar-refractivity contribution in [1.29, 1.82) is 0 Å². The smallest absolute Gasteiger partial charge is 0.348 e. The number of aromatic carboxylic acids is 1. The van der Waals surface area contributed by atoms with E-state index in [4.69, 9.17) is 4.42 Å². The van der Waals surface area contributed by atoms with Gasteiger partial charge in [-0.05, 0) is 75.8 Å². The number of carbonyl (C=O) groups excluding carboxylic acids is 1. The highest BCUT2D eigenvalue weighted by Crippen LogP contribution is 2.44. The molecule has 1 N–H and O–H groups in total. The first-order valence-corrected chi connectivity index (χ1v) is 13.6. The van der Waals surface area contributed by atoms with Crippen molar-refractivity contribution in [1.82, 2.24) is 4.98 Å². The summed E-state index contributed by atoms with van der Waals surface area (Å²) in [6.45, 7) is 6.13. The van der Waals surface area contributed by atoms with Gasteiger partial charge in [0.2, 0.25) is 5.91 Å². The monoisotopic (exact) mass is 508 g/mol. The molecule has 0 spiro atoms. The van der Waals surface area contributed by atoms with E-state index in [0.717, 1.165) is 57.2 Å². The average molecular weight is 509 g/mol. The second-order valence-corrected chi connectivity index (χ2v) is 11.7. The lowest BCUT2D eigenvalue weighted by Gasteiger charge is -2.33. The third-order valence-electron chi connectivity index (χ3n) is 6.66. The molecule has 5 rings (SSSR count). The largest absolute Gasteiger partial charge is 0.477 e. The van der Waals surface area contributed by atoms with Crippen molar-refractivity contribution in [3.05, 3.63) is 47.5 Å². The van der Waals surface area contributed by atoms with Crippen LogP contribution in [0.5, 0.6) is 0 Å². The molecule has 0 bridgehead atoms. The highest BCUT2D eigenvalue weighted by atomic mass is 32.1. The van der Waals surface area contributed by atoms with E-state index in [-0.39, 0.29) is 22.7 Å². The molecular formula is C27H28N2O4S2. The molecule has 4 aromatic heterocycles. The van der Waals surface area contributed by atoms with Crippen LogP contribution in [0.1, 0.15) is 56.1 Å². The van der Waals surface area contributed by atoms with Crippen LogP contribution in [-0.2, 0) is 4.79 Å². The first-order chi connectivity index (χ1) is 16.8. The second kappa shape index (κ2) is 9.59. The van der Waals surface area contributed by atoms with Gasteiger partial charge in [-0.15, -0.1) is 22.7 Å². The Morgan fingerprint density at radius 2 is 1.80 bits per heavy atom. The van der Waals surface area contributed by atoms with E-state index in [2.05, 4.69) is 11.9 Å². The standard InChI is InChI=1S/C27H28N2O4S2/c1-15(2)29(26(30)17-8-6-16(3)7-9-17)19-14-24(35-25(19)27(31)32)23-11-10-22(34-23)21-13-18-20(33-21)5-4-12-28-18/h4-5,10-17H,6-9H2,1-3H3,(H,31,32)/t16-,17-. The molecule has 1 amide bonds. The minimum Gasteiger partial charge on any atom is -0.477 e. The summed E-state index contributed by atoms with van der Waals surface area (Å²) in [6, 6.07) is 11.3. The maximum atomic E-state index is 13.6. The molecule has 1 aliphatic rings. The molecule has 182 valence electrons. The number of pyridine rings is 1. The van der Waals surface area contributed by atoms with E-state index >= 15 is 0 Å². The number of nitrogens with zero attached hydrogens (tertiary/aromatic N) is 2. The van der Waals surface area contributed by atoms with Crippen LogP contribution < -0.4 is 4.90 Å². The summed E-state index contributed by atoms with van der Waals surface area (Å²) in [5.41, 5.74) is 2.03. The molecular weight excluding hydrogens is 480 g/mol. The van der Waals surface area contributed by atoms with Crippen LogP contribution in [0.25, 0.3) is 31.5 Å². The minimum absolute atomic E-state index is 0.0420. The van der Waals surface area contributed by atoms with Crippen molar-refractivity contribution in [2.75, 3.05) is 4.90 Å². The quantitative estimate of drug-likeness (QED) is 0.291. The van der Waals surface area contributed by atoms with Gasteiger partial charge in [0.25, 0.3) is 0 Å². The van der Waals surface area contributed by atoms with E-state index < -0.39 is 5.97 Å². The summed E-state index contributed by atoms with van der Waals surface area (Å²) in [5.74, 6) is 0.362. The fraction of sp³-hybridized carbons (Fsp3) is 0.370. The number of carbonyl (C=O) groups is 2. The zero-order valence-corrected chi connectivity index (χ0v) is 21.6. The van der Waals surface area contributed by atoms with Crippen LogP contribution in [0.3, 0.4) is 0 Å². The van der Waals surface area contributed by atoms with Crippen LogP contribution in [0, 0.1) is 11.8 Å². The molecule has 4 heterocycles. The van der Waals surface area contributed by atoms with Crippen molar-refractivity contribution in [2.45, 2.75) is 52.5 Å². The Hall–Kier alpha value is -2.97. The molecule has 0 aromatic carbocycles. The summed E-state index contributed by atoms with van der Waals surface area (Å²) in [6.07, 6.45) is 5.54. The van der Waals surface area contributed by atoms with Gasteiger partial charge < -0.3 is 14.4 Å². The number of amides is 1. The van der Waals surface area contributed by atoms with Crippen LogP contribution in [0.15, 0.2) is 47.0 Å². The van der Waals surface area contributed by atoms with Crippen molar-refractivity contribution in [3.8, 4) is 20.4 Å². The van der Waals surface area contributed by atoms with Crippen molar-refractivity contribution in [3.63, 3.8) is 0 Å². The SMILES string of the molecule is CC(C)N(c1cc(-c2ccc(-c3cc4ncccc4o3)s2)sc1C(=O)O)C(=O)[C@H]1CC[C@H](C)CC1. The van der Waals surface area contributed by atoms with Gasteiger partial charge >= 0.3 is 5.97 Å². The molecule has 4 aromatic rings. The number of furan rings is 1. The minimum atomic E-state index is -1.01. The van der Waals surface area contributed by atoms with E-state index in [0.29, 0.717) is 11.6 Å². The Kier molecular flexibility index (Phi) is 6.51. The summed E-state index contributed by atoms with van der Waals surface area (Å²) in [4.78, 5) is 34.7. The molecule has 0 atom stereocenters. The Labute approximate surface area is 212 Å². The van der Waals surface area contributed by atoms with Crippen LogP contribution in [0.4, 0.5) is 5.69 Å². The molecule has 1 aliphatic carbocycles. The van der Waals surface area contributed by atoms with E-state index in [1.54, 1.807) is 11.1 Å². The Morgan fingerprint density at radius 1 is 1.06 bits per heavy atom. The molecule has 35 heavy (non-hydrogen) atoms. The van der Waals surface area contributed by atoms with E-state index in [1.165, 1.54) is 22.7 Å². The Bertz CT molecular complexity index is 1340. The molecule has 0 radical (unpaired) electrons. The topological polar surface area (TPSA) is 83.6 Å². The summed E-state index contributed by atoms with van der Waals surface area (Å²) in [5, 5.41) is 10.0. The third kappa shape index (κ3) is 4.65. The average Bonchev–Trinajstić information content (AvgIpc) is 3.57. The lowest BCUT2D eigenvalue weighted by Crippen LogP contribution is -2.42. The van der Waals surface area contributed by atoms with Crippen molar-refractivity contribution >= 4 is 51.3 Å². The van der Waals surface area contributed by atoms with Gasteiger partial charge in [0.05, 0.1) is 10.6 Å². The van der Waals surface area contributed by atoms with Gasteiger partial charge in [-0.3, -0.25) is 9.78 Å². The van der Waals surface area contributed by atoms with Crippen molar-refractivity contribution in [2.24, 2.45) is 11.8 Å². The normalized spacial score (nSPS) is 18.3. The number of hydrogen-bond acceptors (Lipinski definition) is 6. The fourth-order valence-electron chi connectivity index (χ4n) is 4.78. The van der Waals surface area contributed by atoms with E-state index in [1.807, 2.05) is 50.2 Å². The second-order valence-electron chi connectivity index (χ2n) is 9.55. The van der Waals surface area contributed by atoms with Gasteiger partial charge in [0, 0.05) is 34.0 Å². The van der Waals surface area contributed by atoms with Crippen LogP contribution in [0.2, 0.25) is 0 Å². The predicted octanol–water partition coefficient (Wildman–Crippen LogP) is 7.55. The first kappa shape index (κ1) is 23.8. The van der Waals surface area contributed by atoms with Gasteiger partial charge in [0.1, 0.15) is 16.2 Å². The summed E-state index contributed by atoms with van der Waals surface area (Å²) < 4.78 is 5.95. The maximum absolute atomic E-state index is 13.6. The fourth-order valence-corrected chi connectivity index (χ4v) is 6.81. The summed E-state index contributed by atoms with van der Waals surface area (Å²) >= 11 is 2.76. The van der Waals surface area contributed by atoms with Gasteiger partial charge in [-0.2, -0.15) is 0 Å². The third-order valence-corrected chi connectivity index (χ3v) is 9.07. The number of fused-ring (bicyclic) bond motifs is 1. The highest BCUT2D eigenvalue weighted by molar-refractivity contribution is 7.24. The maximum Gasteiger partial charge on any atom is 0.348 e. The zero-order valence-electron chi connectivity index (χ0n) is 20.0. The number of carboxylic acids is 1. The Balaban J connectivity index is 1.48. The number of anilines is 1. The molecule has 0 aliphatic heterocycles. The highest BCUT2D eigenvalue weighted by Gasteiger charge is 2.33. The zero-order chi connectivity index (χ0) is 24.7. The Morgan fingerprint density at radius 3 is 2.49 bits per heavy atom. The molecule has 8 heteroatoms. The summed E-state index contributed by atoms with van der Waals surface area (Å²) in [7, 11) is 0. The predicted molar refractivity (Wildman–Crippen MR) is 141 cm³/mol. The molecule has 1 saturated carbocycles.